The zero-order valence-corrected chi connectivity index (χ0v) is 10.4. The standard InChI is InChI=1S/C11H15NO.C2H6/c1-9(12(2)3)10-7-5-6-8-11(10)13-4;1-2/h5-8H,2H2,1,3-4H3;1-2H3. The normalized spacial score (nSPS) is 8.60. The van der Waals surface area contributed by atoms with Gasteiger partial charge in [0.15, 0.2) is 0 Å². The third-order valence-electron chi connectivity index (χ3n) is 2.07. The first-order chi connectivity index (χ1) is 7.16. The number of para-hydroxylation sites is 1. The number of methoxy groups -OCH3 is 1. The first-order valence-electron chi connectivity index (χ1n) is 5.18. The molecule has 2 heteroatoms. The summed E-state index contributed by atoms with van der Waals surface area (Å²) in [6, 6.07) is 9.01. The van der Waals surface area contributed by atoms with Gasteiger partial charge < -0.3 is 4.74 Å². The highest BCUT2D eigenvalue weighted by atomic mass is 16.5. The maximum absolute atomic E-state index is 5.24. The predicted octanol–water partition coefficient (Wildman–Crippen LogP) is 2.96. The minimum absolute atomic E-state index is 0.885. The van der Waals surface area contributed by atoms with Crippen molar-refractivity contribution < 1.29 is 9.31 Å². The molecule has 0 bridgehead atoms. The minimum atomic E-state index is 0.885. The van der Waals surface area contributed by atoms with Gasteiger partial charge in [0.25, 0.3) is 0 Å². The summed E-state index contributed by atoms with van der Waals surface area (Å²) in [5.74, 6) is 0.885. The van der Waals surface area contributed by atoms with Gasteiger partial charge >= 0.3 is 0 Å². The molecular formula is C13H21NO. The lowest BCUT2D eigenvalue weighted by Crippen LogP contribution is -2.11. The predicted molar refractivity (Wildman–Crippen MR) is 65.7 cm³/mol. The Kier molecular flexibility index (Phi) is 6.27. The number of hydrogen-bond donors (Lipinski definition) is 0. The van der Waals surface area contributed by atoms with Gasteiger partial charge in [-0.1, -0.05) is 26.0 Å². The highest BCUT2D eigenvalue weighted by Crippen LogP contribution is 2.24. The van der Waals surface area contributed by atoms with Crippen molar-refractivity contribution in [3.05, 3.63) is 35.9 Å². The molecule has 0 saturated carbocycles. The van der Waals surface area contributed by atoms with Crippen molar-refractivity contribution in [3.63, 3.8) is 0 Å². The van der Waals surface area contributed by atoms with E-state index >= 15 is 0 Å². The fraction of sp³-hybridized carbons (Fsp3) is 0.385. The molecule has 2 nitrogen and oxygen atoms in total. The molecule has 0 aliphatic heterocycles. The van der Waals surface area contributed by atoms with Gasteiger partial charge in [0.05, 0.1) is 13.8 Å². The van der Waals surface area contributed by atoms with Crippen molar-refractivity contribution in [2.75, 3.05) is 14.2 Å². The second kappa shape index (κ2) is 6.93. The van der Waals surface area contributed by atoms with E-state index in [2.05, 4.69) is 6.72 Å². The van der Waals surface area contributed by atoms with Crippen molar-refractivity contribution >= 4 is 6.72 Å². The van der Waals surface area contributed by atoms with Crippen molar-refractivity contribution in [1.29, 1.82) is 0 Å². The molecule has 0 aliphatic rings. The van der Waals surface area contributed by atoms with Gasteiger partial charge in [-0.15, -0.1) is 12.1 Å². The lowest BCUT2D eigenvalue weighted by molar-refractivity contribution is -0.465. The quantitative estimate of drug-likeness (QED) is 0.421. The van der Waals surface area contributed by atoms with E-state index in [1.165, 1.54) is 0 Å². The summed E-state index contributed by atoms with van der Waals surface area (Å²) in [5, 5.41) is 0. The highest BCUT2D eigenvalue weighted by molar-refractivity contribution is 5.40. The lowest BCUT2D eigenvalue weighted by Gasteiger charge is -2.17. The largest absolute Gasteiger partial charge is 0.539 e. The Morgan fingerprint density at radius 1 is 1.27 bits per heavy atom. The Bertz CT molecular complexity index is 307. The minimum Gasteiger partial charge on any atom is -0.539 e. The Labute approximate surface area is 93.2 Å². The van der Waals surface area contributed by atoms with Crippen LogP contribution in [0.4, 0.5) is 0 Å². The van der Waals surface area contributed by atoms with Crippen LogP contribution in [-0.2, 0) is 0 Å². The zero-order chi connectivity index (χ0) is 11.8. The second-order valence-corrected chi connectivity index (χ2v) is 2.98. The average molecular weight is 207 g/mol. The van der Waals surface area contributed by atoms with E-state index in [-0.39, 0.29) is 0 Å². The number of hydrogen-bond acceptors (Lipinski definition) is 1. The Balaban J connectivity index is 0.000000921. The molecule has 0 atom stereocenters. The van der Waals surface area contributed by atoms with Gasteiger partial charge in [-0.3, -0.25) is 4.58 Å². The molecule has 0 spiro atoms. The fourth-order valence-corrected chi connectivity index (χ4v) is 1.15. The van der Waals surface area contributed by atoms with Crippen LogP contribution in [0, 0.1) is 6.04 Å². The first kappa shape index (κ1) is 13.6. The van der Waals surface area contributed by atoms with Crippen LogP contribution in [0.3, 0.4) is 0 Å². The van der Waals surface area contributed by atoms with Crippen molar-refractivity contribution in [2.24, 2.45) is 0 Å². The summed E-state index contributed by atoms with van der Waals surface area (Å²) in [4.78, 5) is 0. The number of nitrogens with zero attached hydrogens (tertiary/aromatic N) is 1. The molecule has 1 aromatic rings. The molecule has 0 saturated heterocycles. The van der Waals surface area contributed by atoms with E-state index in [4.69, 9.17) is 4.74 Å². The van der Waals surface area contributed by atoms with Crippen LogP contribution in [0.25, 0.3) is 0 Å². The van der Waals surface area contributed by atoms with Crippen LogP contribution >= 0.6 is 0 Å². The number of benzene rings is 1. The molecule has 0 radical (unpaired) electrons. The van der Waals surface area contributed by atoms with Gasteiger partial charge in [0.2, 0.25) is 0 Å². The van der Waals surface area contributed by atoms with Crippen LogP contribution < -0.4 is 4.74 Å². The molecule has 15 heavy (non-hydrogen) atoms. The molecule has 0 N–H and O–H groups in total. The summed E-state index contributed by atoms with van der Waals surface area (Å²) in [6.45, 7) is 9.85. The molecule has 0 aliphatic carbocycles. The van der Waals surface area contributed by atoms with E-state index in [1.54, 1.807) is 7.11 Å². The van der Waals surface area contributed by atoms with Crippen LogP contribution in [0.1, 0.15) is 26.3 Å². The fourth-order valence-electron chi connectivity index (χ4n) is 1.15. The van der Waals surface area contributed by atoms with Crippen LogP contribution in [-0.4, -0.2) is 25.5 Å². The maximum Gasteiger partial charge on any atom is 0.120 e. The number of ether oxygens (including phenoxy) is 1. The smallest absolute Gasteiger partial charge is 0.120 e. The average Bonchev–Trinajstić information content (AvgIpc) is 2.30. The Hall–Kier alpha value is -1.44. The Morgan fingerprint density at radius 2 is 1.80 bits per heavy atom. The van der Waals surface area contributed by atoms with Crippen molar-refractivity contribution in [1.82, 2.24) is 0 Å². The topological polar surface area (TPSA) is 12.2 Å². The molecule has 0 aromatic heterocycles. The molecular weight excluding hydrogens is 186 g/mol. The number of rotatable bonds is 3. The highest BCUT2D eigenvalue weighted by Gasteiger charge is 2.08. The van der Waals surface area contributed by atoms with Gasteiger partial charge in [0.1, 0.15) is 13.1 Å². The molecule has 0 amide bonds. The summed E-state index contributed by atoms with van der Waals surface area (Å²) in [5.41, 5.74) is 1.09. The molecule has 0 fully saturated rings. The van der Waals surface area contributed by atoms with Crippen molar-refractivity contribution in [2.45, 2.75) is 20.8 Å². The van der Waals surface area contributed by atoms with Gasteiger partial charge in [-0.2, -0.15) is 0 Å². The lowest BCUT2D eigenvalue weighted by atomic mass is 10.1. The van der Waals surface area contributed by atoms with Gasteiger partial charge in [0, 0.05) is 5.75 Å². The monoisotopic (exact) mass is 207 g/mol. The van der Waals surface area contributed by atoms with E-state index in [1.807, 2.05) is 56.7 Å². The maximum atomic E-state index is 5.24. The first-order valence-corrected chi connectivity index (χ1v) is 5.18. The van der Waals surface area contributed by atoms with Gasteiger partial charge in [-0.05, 0) is 12.5 Å². The van der Waals surface area contributed by atoms with Crippen LogP contribution in [0.5, 0.6) is 5.75 Å². The molecule has 0 heterocycles. The van der Waals surface area contributed by atoms with Crippen molar-refractivity contribution in [3.8, 4) is 5.75 Å². The summed E-state index contributed by atoms with van der Waals surface area (Å²) >= 11 is 0. The van der Waals surface area contributed by atoms with Crippen LogP contribution in [0.15, 0.2) is 24.3 Å². The van der Waals surface area contributed by atoms with E-state index in [0.717, 1.165) is 17.4 Å². The zero-order valence-electron chi connectivity index (χ0n) is 10.4. The molecule has 84 valence electrons. The summed E-state index contributed by atoms with van der Waals surface area (Å²) in [6.07, 6.45) is 0. The SMILES string of the molecule is C=[N+](C)[C-](C)c1ccccc1OC.CC. The van der Waals surface area contributed by atoms with Crippen LogP contribution in [0.2, 0.25) is 0 Å². The molecule has 1 rings (SSSR count). The summed E-state index contributed by atoms with van der Waals surface area (Å²) in [7, 11) is 3.59. The van der Waals surface area contributed by atoms with E-state index in [0.29, 0.717) is 0 Å². The van der Waals surface area contributed by atoms with E-state index in [9.17, 15) is 0 Å². The molecule has 1 aromatic carbocycles. The molecule has 0 unspecified atom stereocenters. The second-order valence-electron chi connectivity index (χ2n) is 2.98. The Morgan fingerprint density at radius 3 is 2.27 bits per heavy atom. The van der Waals surface area contributed by atoms with E-state index < -0.39 is 0 Å². The third-order valence-corrected chi connectivity index (χ3v) is 2.07. The third kappa shape index (κ3) is 3.66. The van der Waals surface area contributed by atoms with Gasteiger partial charge in [-0.25, -0.2) is 0 Å². The summed E-state index contributed by atoms with van der Waals surface area (Å²) < 4.78 is 7.07.